The number of ether oxygens (including phenoxy) is 1. The smallest absolute Gasteiger partial charge is 0.308 e. The summed E-state index contributed by atoms with van der Waals surface area (Å²) in [6.07, 6.45) is 0. The van der Waals surface area contributed by atoms with Gasteiger partial charge in [-0.1, -0.05) is 74.4 Å². The van der Waals surface area contributed by atoms with Crippen LogP contribution in [0.4, 0.5) is 0 Å². The summed E-state index contributed by atoms with van der Waals surface area (Å²) in [5, 5.41) is 11.6. The van der Waals surface area contributed by atoms with E-state index in [-0.39, 0.29) is 10.8 Å². The average molecular weight is 430 g/mol. The topological polar surface area (TPSA) is 51.5 Å². The number of aromatic nitrogens is 1. The standard InChI is InChI=1S/C23H24ClNO3S/c1-12-7-9-15(10-8-12)22(29)25-13(2)21(28-14(3)26)18-17(25)11-16(24)20(27)19(18)23(4,5)6/h7-11,27H,1-6H3. The summed E-state index contributed by atoms with van der Waals surface area (Å²) in [6.45, 7) is 11.1. The fraction of sp³-hybridized carbons (Fsp3) is 0.304. The minimum atomic E-state index is -0.452. The maximum absolute atomic E-state index is 11.9. The Labute approximate surface area is 181 Å². The maximum atomic E-state index is 11.9. The van der Waals surface area contributed by atoms with Crippen molar-refractivity contribution in [2.75, 3.05) is 0 Å². The van der Waals surface area contributed by atoms with Crippen LogP contribution in [0.15, 0.2) is 30.3 Å². The predicted octanol–water partition coefficient (Wildman–Crippen LogP) is 6.06. The monoisotopic (exact) mass is 429 g/mol. The minimum Gasteiger partial charge on any atom is -0.506 e. The molecule has 1 heterocycles. The van der Waals surface area contributed by atoms with Crippen molar-refractivity contribution < 1.29 is 14.6 Å². The van der Waals surface area contributed by atoms with Gasteiger partial charge in [-0.15, -0.1) is 0 Å². The van der Waals surface area contributed by atoms with E-state index < -0.39 is 11.4 Å². The van der Waals surface area contributed by atoms with Gasteiger partial charge in [0.05, 0.1) is 21.6 Å². The van der Waals surface area contributed by atoms with E-state index in [1.165, 1.54) is 6.92 Å². The lowest BCUT2D eigenvalue weighted by Crippen LogP contribution is -2.14. The van der Waals surface area contributed by atoms with Crippen LogP contribution in [-0.2, 0) is 10.2 Å². The molecule has 1 aromatic heterocycles. The third kappa shape index (κ3) is 3.77. The second-order valence-corrected chi connectivity index (χ2v) is 9.03. The number of hydrogen-bond donors (Lipinski definition) is 1. The highest BCUT2D eigenvalue weighted by Gasteiger charge is 2.30. The fourth-order valence-electron chi connectivity index (χ4n) is 3.58. The molecule has 0 aliphatic heterocycles. The number of aromatic hydroxyl groups is 1. The summed E-state index contributed by atoms with van der Waals surface area (Å²) < 4.78 is 7.46. The van der Waals surface area contributed by atoms with Gasteiger partial charge >= 0.3 is 5.97 Å². The Morgan fingerprint density at radius 1 is 1.17 bits per heavy atom. The molecule has 3 rings (SSSR count). The first-order valence-electron chi connectivity index (χ1n) is 9.30. The van der Waals surface area contributed by atoms with E-state index in [4.69, 9.17) is 28.6 Å². The van der Waals surface area contributed by atoms with E-state index in [1.54, 1.807) is 6.07 Å². The number of nitrogens with zero attached hydrogens (tertiary/aromatic N) is 1. The van der Waals surface area contributed by atoms with E-state index in [9.17, 15) is 9.90 Å². The molecule has 3 aromatic rings. The molecule has 4 nitrogen and oxygen atoms in total. The summed E-state index contributed by atoms with van der Waals surface area (Å²) in [7, 11) is 0. The predicted molar refractivity (Wildman–Crippen MR) is 122 cm³/mol. The zero-order valence-electron chi connectivity index (χ0n) is 17.4. The Hall–Kier alpha value is -2.37. The highest BCUT2D eigenvalue weighted by molar-refractivity contribution is 7.80. The summed E-state index contributed by atoms with van der Waals surface area (Å²) >= 11 is 12.2. The summed E-state index contributed by atoms with van der Waals surface area (Å²) in [4.78, 5) is 12.4. The van der Waals surface area contributed by atoms with Crippen LogP contribution < -0.4 is 4.74 Å². The van der Waals surface area contributed by atoms with Crippen LogP contribution in [-0.4, -0.2) is 20.6 Å². The molecule has 0 amide bonds. The number of rotatable bonds is 2. The van der Waals surface area contributed by atoms with E-state index in [2.05, 4.69) is 0 Å². The van der Waals surface area contributed by atoms with Crippen LogP contribution in [0.5, 0.6) is 11.5 Å². The van der Waals surface area contributed by atoms with Crippen LogP contribution >= 0.6 is 23.8 Å². The molecule has 0 atom stereocenters. The third-order valence-corrected chi connectivity index (χ3v) is 5.57. The Bertz CT molecular complexity index is 1140. The Morgan fingerprint density at radius 2 is 1.76 bits per heavy atom. The number of phenols is 1. The lowest BCUT2D eigenvalue weighted by Gasteiger charge is -2.23. The molecule has 2 aromatic carbocycles. The second-order valence-electron chi connectivity index (χ2n) is 8.24. The molecule has 0 saturated heterocycles. The van der Waals surface area contributed by atoms with Gasteiger partial charge in [-0.3, -0.25) is 4.79 Å². The van der Waals surface area contributed by atoms with Crippen molar-refractivity contribution >= 4 is 45.7 Å². The molecule has 152 valence electrons. The number of benzene rings is 2. The Kier molecular flexibility index (Phi) is 5.50. The number of halogens is 1. The van der Waals surface area contributed by atoms with Gasteiger partial charge < -0.3 is 14.4 Å². The van der Waals surface area contributed by atoms with Gasteiger partial charge in [-0.2, -0.15) is 0 Å². The van der Waals surface area contributed by atoms with Crippen molar-refractivity contribution in [2.45, 2.75) is 47.0 Å². The van der Waals surface area contributed by atoms with Gasteiger partial charge in [0, 0.05) is 18.1 Å². The highest BCUT2D eigenvalue weighted by atomic mass is 35.5. The van der Waals surface area contributed by atoms with Crippen molar-refractivity contribution in [3.05, 3.63) is 57.7 Å². The van der Waals surface area contributed by atoms with Gasteiger partial charge in [-0.05, 0) is 25.3 Å². The number of fused-ring (bicyclic) bond motifs is 1. The van der Waals surface area contributed by atoms with Crippen molar-refractivity contribution in [3.8, 4) is 11.5 Å². The SMILES string of the molecule is CC(=O)Oc1c(C)n(C(=S)c2ccc(C)cc2)c2cc(Cl)c(O)c(C(C)(C)C)c12. The largest absolute Gasteiger partial charge is 0.506 e. The molecule has 0 aliphatic rings. The second kappa shape index (κ2) is 7.47. The van der Waals surface area contributed by atoms with Crippen molar-refractivity contribution in [1.82, 2.24) is 4.57 Å². The maximum Gasteiger partial charge on any atom is 0.308 e. The van der Waals surface area contributed by atoms with E-state index in [0.29, 0.717) is 32.9 Å². The first-order chi connectivity index (χ1) is 13.4. The average Bonchev–Trinajstić information content (AvgIpc) is 2.86. The molecule has 0 unspecified atom stereocenters. The van der Waals surface area contributed by atoms with Crippen LogP contribution in [0.2, 0.25) is 5.02 Å². The molecule has 1 N–H and O–H groups in total. The molecule has 6 heteroatoms. The zero-order valence-corrected chi connectivity index (χ0v) is 19.0. The van der Waals surface area contributed by atoms with Gasteiger partial charge in [-0.25, -0.2) is 0 Å². The van der Waals surface area contributed by atoms with Crippen LogP contribution in [0.1, 0.15) is 50.1 Å². The number of esters is 1. The molecular weight excluding hydrogens is 406 g/mol. The van der Waals surface area contributed by atoms with Gasteiger partial charge in [0.15, 0.2) is 5.75 Å². The fourth-order valence-corrected chi connectivity index (χ4v) is 4.15. The van der Waals surface area contributed by atoms with Gasteiger partial charge in [0.25, 0.3) is 0 Å². The number of hydrogen-bond acceptors (Lipinski definition) is 4. The van der Waals surface area contributed by atoms with Gasteiger partial charge in [0.2, 0.25) is 0 Å². The van der Waals surface area contributed by atoms with Gasteiger partial charge in [0.1, 0.15) is 10.7 Å². The molecule has 0 saturated carbocycles. The Balaban J connectivity index is 2.44. The zero-order chi connectivity index (χ0) is 21.7. The number of carbonyl (C=O) groups excluding carboxylic acids is 1. The lowest BCUT2D eigenvalue weighted by atomic mass is 9.83. The number of aryl methyl sites for hydroxylation is 1. The van der Waals surface area contributed by atoms with E-state index in [1.807, 2.05) is 63.5 Å². The minimum absolute atomic E-state index is 0.0153. The molecular formula is C23H24ClNO3S. The Morgan fingerprint density at radius 3 is 2.28 bits per heavy atom. The first-order valence-corrected chi connectivity index (χ1v) is 10.1. The molecule has 0 bridgehead atoms. The first kappa shape index (κ1) is 21.3. The van der Waals surface area contributed by atoms with E-state index >= 15 is 0 Å². The van der Waals surface area contributed by atoms with Crippen molar-refractivity contribution in [1.29, 1.82) is 0 Å². The lowest BCUT2D eigenvalue weighted by molar-refractivity contribution is -0.131. The third-order valence-electron chi connectivity index (χ3n) is 4.86. The molecule has 0 aliphatic carbocycles. The number of thiocarbonyl (C=S) groups is 1. The summed E-state index contributed by atoms with van der Waals surface area (Å²) in [6, 6.07) is 9.58. The molecule has 29 heavy (non-hydrogen) atoms. The molecule has 0 fully saturated rings. The summed E-state index contributed by atoms with van der Waals surface area (Å²) in [5.41, 5.74) is 3.53. The number of phenolic OH excluding ortho intramolecular Hbond substituents is 1. The summed E-state index contributed by atoms with van der Waals surface area (Å²) in [5.74, 6) is -0.0694. The quantitative estimate of drug-likeness (QED) is 0.397. The normalized spacial score (nSPS) is 11.7. The van der Waals surface area contributed by atoms with Crippen molar-refractivity contribution in [2.24, 2.45) is 0 Å². The van der Waals surface area contributed by atoms with E-state index in [0.717, 1.165) is 11.1 Å². The van der Waals surface area contributed by atoms with Crippen LogP contribution in [0, 0.1) is 13.8 Å². The van der Waals surface area contributed by atoms with Crippen molar-refractivity contribution in [3.63, 3.8) is 0 Å². The molecule has 0 radical (unpaired) electrons. The number of carbonyl (C=O) groups is 1. The highest BCUT2D eigenvalue weighted by Crippen LogP contribution is 2.47. The molecule has 0 spiro atoms. The van der Waals surface area contributed by atoms with Crippen LogP contribution in [0.25, 0.3) is 10.9 Å². The van der Waals surface area contributed by atoms with Crippen LogP contribution in [0.3, 0.4) is 0 Å².